The number of aliphatic hydroxyl groups excluding tert-OH is 1. The zero-order valence-corrected chi connectivity index (χ0v) is 16.6. The summed E-state index contributed by atoms with van der Waals surface area (Å²) < 4.78 is 13.3. The van der Waals surface area contributed by atoms with E-state index in [1.165, 1.54) is 4.68 Å². The van der Waals surface area contributed by atoms with Crippen LogP contribution in [0.5, 0.6) is 17.5 Å². The summed E-state index contributed by atoms with van der Waals surface area (Å²) in [5.41, 5.74) is 1.91. The van der Waals surface area contributed by atoms with Gasteiger partial charge in [0.1, 0.15) is 0 Å². The van der Waals surface area contributed by atoms with Crippen LogP contribution < -0.4 is 14.8 Å². The Morgan fingerprint density at radius 1 is 1.03 bits per heavy atom. The van der Waals surface area contributed by atoms with E-state index in [2.05, 4.69) is 20.8 Å². The third-order valence-electron chi connectivity index (χ3n) is 4.29. The molecule has 0 spiro atoms. The minimum Gasteiger partial charge on any atom is -0.490 e. The van der Waals surface area contributed by atoms with E-state index in [9.17, 15) is 0 Å². The van der Waals surface area contributed by atoms with Crippen LogP contribution in [0.4, 0.5) is 0 Å². The van der Waals surface area contributed by atoms with Crippen molar-refractivity contribution in [1.82, 2.24) is 25.5 Å². The lowest BCUT2D eigenvalue weighted by Crippen LogP contribution is -2.14. The average Bonchev–Trinajstić information content (AvgIpc) is 3.21. The first-order chi connectivity index (χ1) is 14.3. The summed E-state index contributed by atoms with van der Waals surface area (Å²) in [6.45, 7) is 4.37. The monoisotopic (exact) mass is 397 g/mol. The van der Waals surface area contributed by atoms with Gasteiger partial charge in [-0.25, -0.2) is 0 Å². The molecular formula is C21H27N5O3. The smallest absolute Gasteiger partial charge is 0.346 e. The van der Waals surface area contributed by atoms with Crippen LogP contribution in [-0.4, -0.2) is 45.1 Å². The molecule has 0 saturated carbocycles. The predicted molar refractivity (Wildman–Crippen MR) is 109 cm³/mol. The zero-order valence-electron chi connectivity index (χ0n) is 16.6. The van der Waals surface area contributed by atoms with Gasteiger partial charge in [-0.15, -0.1) is 0 Å². The number of aromatic nitrogens is 4. The highest BCUT2D eigenvalue weighted by Gasteiger charge is 2.14. The number of ether oxygens (including phenoxy) is 2. The first kappa shape index (κ1) is 20.8. The zero-order chi connectivity index (χ0) is 20.3. The van der Waals surface area contributed by atoms with Gasteiger partial charge >= 0.3 is 6.01 Å². The van der Waals surface area contributed by atoms with Gasteiger partial charge in [0.25, 0.3) is 0 Å². The van der Waals surface area contributed by atoms with Crippen molar-refractivity contribution in [1.29, 1.82) is 0 Å². The van der Waals surface area contributed by atoms with Crippen molar-refractivity contribution in [2.45, 2.75) is 32.7 Å². The summed E-state index contributed by atoms with van der Waals surface area (Å²) in [6.07, 6.45) is 2.92. The van der Waals surface area contributed by atoms with Gasteiger partial charge < -0.3 is 19.9 Å². The molecule has 0 bridgehead atoms. The van der Waals surface area contributed by atoms with Gasteiger partial charge in [0, 0.05) is 13.2 Å². The minimum absolute atomic E-state index is 0.257. The first-order valence-electron chi connectivity index (χ1n) is 9.90. The van der Waals surface area contributed by atoms with Crippen LogP contribution in [0.15, 0.2) is 48.5 Å². The van der Waals surface area contributed by atoms with Crippen molar-refractivity contribution in [3.63, 3.8) is 0 Å². The number of tetrazole rings is 1. The van der Waals surface area contributed by atoms with Gasteiger partial charge in [0.2, 0.25) is 0 Å². The number of nitrogens with zero attached hydrogens (tertiary/aromatic N) is 4. The number of hydrogen-bond donors (Lipinski definition) is 2. The number of hydrogen-bond acceptors (Lipinski definition) is 7. The normalized spacial score (nSPS) is 10.8. The van der Waals surface area contributed by atoms with Gasteiger partial charge in [-0.3, -0.25) is 0 Å². The van der Waals surface area contributed by atoms with E-state index in [4.69, 9.17) is 14.6 Å². The SMILES string of the molecule is CCOc1cc(CNCCCCCO)ccc1Oc1nnnn1-c1ccccc1. The van der Waals surface area contributed by atoms with Crippen LogP contribution >= 0.6 is 0 Å². The molecule has 154 valence electrons. The molecule has 3 rings (SSSR count). The van der Waals surface area contributed by atoms with Gasteiger partial charge in [0.15, 0.2) is 11.5 Å². The fourth-order valence-corrected chi connectivity index (χ4v) is 2.86. The predicted octanol–water partition coefficient (Wildman–Crippen LogP) is 3.11. The molecule has 2 N–H and O–H groups in total. The Hall–Kier alpha value is -2.97. The van der Waals surface area contributed by atoms with E-state index in [0.29, 0.717) is 18.1 Å². The molecule has 1 aromatic heterocycles. The molecule has 29 heavy (non-hydrogen) atoms. The summed E-state index contributed by atoms with van der Waals surface area (Å²) in [5, 5.41) is 24.0. The Morgan fingerprint density at radius 3 is 2.69 bits per heavy atom. The fourth-order valence-electron chi connectivity index (χ4n) is 2.86. The lowest BCUT2D eigenvalue weighted by atomic mass is 10.2. The Bertz CT molecular complexity index is 870. The largest absolute Gasteiger partial charge is 0.490 e. The van der Waals surface area contributed by atoms with Crippen molar-refractivity contribution in [3.05, 3.63) is 54.1 Å². The molecule has 0 saturated heterocycles. The molecule has 0 aliphatic heterocycles. The lowest BCUT2D eigenvalue weighted by molar-refractivity contribution is 0.283. The summed E-state index contributed by atoms with van der Waals surface area (Å²) in [6, 6.07) is 15.7. The van der Waals surface area contributed by atoms with Crippen LogP contribution in [0.2, 0.25) is 0 Å². The van der Waals surface area contributed by atoms with Crippen LogP contribution in [0.3, 0.4) is 0 Å². The van der Waals surface area contributed by atoms with Crippen molar-refractivity contribution in [2.75, 3.05) is 19.8 Å². The number of nitrogens with one attached hydrogen (secondary N) is 1. The highest BCUT2D eigenvalue weighted by atomic mass is 16.5. The average molecular weight is 397 g/mol. The van der Waals surface area contributed by atoms with Crippen LogP contribution in [0.1, 0.15) is 31.7 Å². The molecule has 0 unspecified atom stereocenters. The molecule has 0 fully saturated rings. The topological polar surface area (TPSA) is 94.3 Å². The maximum absolute atomic E-state index is 8.82. The van der Waals surface area contributed by atoms with Gasteiger partial charge in [-0.05, 0) is 73.0 Å². The highest BCUT2D eigenvalue weighted by Crippen LogP contribution is 2.32. The molecular weight excluding hydrogens is 370 g/mol. The summed E-state index contributed by atoms with van der Waals surface area (Å²) in [4.78, 5) is 0. The van der Waals surface area contributed by atoms with Crippen molar-refractivity contribution in [2.24, 2.45) is 0 Å². The van der Waals surface area contributed by atoms with Crippen molar-refractivity contribution in [3.8, 4) is 23.2 Å². The summed E-state index contributed by atoms with van der Waals surface area (Å²) in [5.74, 6) is 1.21. The third kappa shape index (κ3) is 6.00. The van der Waals surface area contributed by atoms with Crippen LogP contribution in [-0.2, 0) is 6.54 Å². The Morgan fingerprint density at radius 2 is 1.90 bits per heavy atom. The second-order valence-electron chi connectivity index (χ2n) is 6.49. The first-order valence-corrected chi connectivity index (χ1v) is 9.90. The summed E-state index contributed by atoms with van der Waals surface area (Å²) in [7, 11) is 0. The molecule has 2 aromatic carbocycles. The number of rotatable bonds is 12. The van der Waals surface area contributed by atoms with E-state index in [1.807, 2.05) is 55.5 Å². The molecule has 0 radical (unpaired) electrons. The maximum Gasteiger partial charge on any atom is 0.346 e. The Labute approximate surface area is 170 Å². The maximum atomic E-state index is 8.82. The standard InChI is InChI=1S/C21H27N5O3/c1-2-28-20-15-17(16-22-13-7-4-8-14-27)11-12-19(20)29-21-23-24-25-26(21)18-9-5-3-6-10-18/h3,5-6,9-12,15,22,27H,2,4,7-8,13-14,16H2,1H3. The van der Waals surface area contributed by atoms with Gasteiger partial charge in [0.05, 0.1) is 12.3 Å². The lowest BCUT2D eigenvalue weighted by Gasteiger charge is -2.13. The Balaban J connectivity index is 1.68. The van der Waals surface area contributed by atoms with Crippen molar-refractivity contribution < 1.29 is 14.6 Å². The Kier molecular flexibility index (Phi) is 7.97. The number of aliphatic hydroxyl groups is 1. The van der Waals surface area contributed by atoms with Gasteiger partial charge in [-0.1, -0.05) is 29.4 Å². The second-order valence-corrected chi connectivity index (χ2v) is 6.49. The molecule has 8 nitrogen and oxygen atoms in total. The van der Waals surface area contributed by atoms with Crippen LogP contribution in [0, 0.1) is 0 Å². The number of benzene rings is 2. The highest BCUT2D eigenvalue weighted by molar-refractivity contribution is 5.44. The van der Waals surface area contributed by atoms with E-state index < -0.39 is 0 Å². The van der Waals surface area contributed by atoms with E-state index >= 15 is 0 Å². The quantitative estimate of drug-likeness (QED) is 0.454. The minimum atomic E-state index is 0.257. The van der Waals surface area contributed by atoms with E-state index in [1.54, 1.807) is 0 Å². The van der Waals surface area contributed by atoms with Crippen molar-refractivity contribution >= 4 is 0 Å². The van der Waals surface area contributed by atoms with E-state index in [0.717, 1.165) is 43.6 Å². The van der Waals surface area contributed by atoms with Gasteiger partial charge in [-0.2, -0.15) is 4.68 Å². The number of unbranched alkanes of at least 4 members (excludes halogenated alkanes) is 2. The molecule has 3 aromatic rings. The molecule has 0 amide bonds. The van der Waals surface area contributed by atoms with Crippen LogP contribution in [0.25, 0.3) is 5.69 Å². The summed E-state index contributed by atoms with van der Waals surface area (Å²) >= 11 is 0. The van der Waals surface area contributed by atoms with E-state index in [-0.39, 0.29) is 12.6 Å². The molecule has 0 aliphatic carbocycles. The molecule has 0 aliphatic rings. The molecule has 0 atom stereocenters. The number of para-hydroxylation sites is 1. The molecule has 1 heterocycles. The fraction of sp³-hybridized carbons (Fsp3) is 0.381. The molecule has 8 heteroatoms. The third-order valence-corrected chi connectivity index (χ3v) is 4.29. The second kappa shape index (κ2) is 11.1.